The molecular formula is C25H33N3O2. The van der Waals surface area contributed by atoms with Crippen LogP contribution in [0.15, 0.2) is 54.6 Å². The van der Waals surface area contributed by atoms with Gasteiger partial charge in [-0.25, -0.2) is 0 Å². The van der Waals surface area contributed by atoms with Crippen LogP contribution in [0.1, 0.15) is 31.2 Å². The maximum absolute atomic E-state index is 13.0. The molecule has 2 heterocycles. The average molecular weight is 408 g/mol. The number of piperazine rings is 1. The van der Waals surface area contributed by atoms with Crippen molar-refractivity contribution in [2.75, 3.05) is 44.7 Å². The summed E-state index contributed by atoms with van der Waals surface area (Å²) < 4.78 is 5.89. The number of carbonyl (C=O) groups excluding carboxylic acids is 1. The van der Waals surface area contributed by atoms with Crippen LogP contribution in [0.5, 0.6) is 5.75 Å². The van der Waals surface area contributed by atoms with Gasteiger partial charge in [0, 0.05) is 31.9 Å². The molecule has 1 atom stereocenters. The Kier molecular flexibility index (Phi) is 6.90. The summed E-state index contributed by atoms with van der Waals surface area (Å²) in [4.78, 5) is 19.7. The number of ether oxygens (including phenoxy) is 1. The van der Waals surface area contributed by atoms with E-state index in [4.69, 9.17) is 4.74 Å². The number of hydrogen-bond donors (Lipinski definition) is 0. The van der Waals surface area contributed by atoms with E-state index in [9.17, 15) is 4.79 Å². The van der Waals surface area contributed by atoms with E-state index in [0.29, 0.717) is 12.5 Å². The number of hydrogen-bond acceptors (Lipinski definition) is 4. The Balaban J connectivity index is 1.28. The molecule has 2 aromatic rings. The molecule has 5 nitrogen and oxygen atoms in total. The molecule has 1 amide bonds. The Morgan fingerprint density at radius 3 is 2.37 bits per heavy atom. The first-order valence-corrected chi connectivity index (χ1v) is 11.2. The SMILES string of the molecule is CN1CCCCC[C@H]1C(=O)N1CCN(c2ccc(OCc3ccccc3)cc2)CC1. The number of anilines is 1. The van der Waals surface area contributed by atoms with Gasteiger partial charge < -0.3 is 14.5 Å². The van der Waals surface area contributed by atoms with Gasteiger partial charge in [0.25, 0.3) is 0 Å². The zero-order valence-corrected chi connectivity index (χ0v) is 18.0. The third kappa shape index (κ3) is 5.14. The molecule has 0 saturated carbocycles. The first-order valence-electron chi connectivity index (χ1n) is 11.2. The Hall–Kier alpha value is -2.53. The van der Waals surface area contributed by atoms with Gasteiger partial charge in [0.15, 0.2) is 0 Å². The molecule has 0 N–H and O–H groups in total. The lowest BCUT2D eigenvalue weighted by molar-refractivity contribution is -0.136. The Bertz CT molecular complexity index is 801. The van der Waals surface area contributed by atoms with Gasteiger partial charge in [-0.05, 0) is 56.3 Å². The number of likely N-dealkylation sites (tertiary alicyclic amines) is 1. The molecule has 0 radical (unpaired) electrons. The van der Waals surface area contributed by atoms with Gasteiger partial charge in [0.2, 0.25) is 5.91 Å². The summed E-state index contributed by atoms with van der Waals surface area (Å²) in [5.41, 5.74) is 2.36. The lowest BCUT2D eigenvalue weighted by atomic mass is 10.1. The summed E-state index contributed by atoms with van der Waals surface area (Å²) in [5.74, 6) is 1.21. The molecule has 0 spiro atoms. The minimum atomic E-state index is 0.0695. The number of amides is 1. The summed E-state index contributed by atoms with van der Waals surface area (Å²) >= 11 is 0. The number of rotatable bonds is 5. The van der Waals surface area contributed by atoms with Crippen LogP contribution in [0.2, 0.25) is 0 Å². The molecule has 0 unspecified atom stereocenters. The molecule has 30 heavy (non-hydrogen) atoms. The second kappa shape index (κ2) is 9.98. The number of nitrogens with zero attached hydrogens (tertiary/aromatic N) is 3. The van der Waals surface area contributed by atoms with E-state index in [2.05, 4.69) is 46.0 Å². The van der Waals surface area contributed by atoms with Crippen LogP contribution in [-0.2, 0) is 11.4 Å². The topological polar surface area (TPSA) is 36.0 Å². The zero-order valence-electron chi connectivity index (χ0n) is 18.0. The molecule has 2 aromatic carbocycles. The van der Waals surface area contributed by atoms with Crippen LogP contribution >= 0.6 is 0 Å². The van der Waals surface area contributed by atoms with E-state index >= 15 is 0 Å². The summed E-state index contributed by atoms with van der Waals surface area (Å²) in [6.07, 6.45) is 4.62. The van der Waals surface area contributed by atoms with Crippen LogP contribution in [0, 0.1) is 0 Å². The highest BCUT2D eigenvalue weighted by Crippen LogP contribution is 2.23. The molecule has 4 rings (SSSR count). The second-order valence-corrected chi connectivity index (χ2v) is 8.43. The fraction of sp³-hybridized carbons (Fsp3) is 0.480. The van der Waals surface area contributed by atoms with Crippen molar-refractivity contribution in [1.82, 2.24) is 9.80 Å². The van der Waals surface area contributed by atoms with Gasteiger partial charge in [-0.3, -0.25) is 9.69 Å². The van der Waals surface area contributed by atoms with Gasteiger partial charge in [-0.2, -0.15) is 0 Å². The van der Waals surface area contributed by atoms with Crippen LogP contribution < -0.4 is 9.64 Å². The lowest BCUT2D eigenvalue weighted by Gasteiger charge is -2.39. The predicted octanol–water partition coefficient (Wildman–Crippen LogP) is 3.79. The van der Waals surface area contributed by atoms with Crippen molar-refractivity contribution in [2.24, 2.45) is 0 Å². The third-order valence-electron chi connectivity index (χ3n) is 6.35. The molecule has 2 aliphatic heterocycles. The third-order valence-corrected chi connectivity index (χ3v) is 6.35. The van der Waals surface area contributed by atoms with Crippen molar-refractivity contribution in [3.05, 3.63) is 60.2 Å². The van der Waals surface area contributed by atoms with E-state index in [0.717, 1.165) is 44.9 Å². The summed E-state index contributed by atoms with van der Waals surface area (Å²) in [5, 5.41) is 0. The van der Waals surface area contributed by atoms with Crippen LogP contribution in [0.3, 0.4) is 0 Å². The van der Waals surface area contributed by atoms with E-state index in [1.165, 1.54) is 30.5 Å². The largest absolute Gasteiger partial charge is 0.489 e. The van der Waals surface area contributed by atoms with Gasteiger partial charge in [0.1, 0.15) is 12.4 Å². The maximum Gasteiger partial charge on any atom is 0.240 e. The monoisotopic (exact) mass is 407 g/mol. The lowest BCUT2D eigenvalue weighted by Crippen LogP contribution is -2.54. The standard InChI is InChI=1S/C25H33N3O2/c1-26-15-7-3-6-10-24(26)25(29)28-18-16-27(17-19-28)22-11-13-23(14-12-22)30-20-21-8-4-2-5-9-21/h2,4-5,8-9,11-14,24H,3,6-7,10,15-20H2,1H3/t24-/m0/s1. The highest BCUT2D eigenvalue weighted by Gasteiger charge is 2.30. The quantitative estimate of drug-likeness (QED) is 0.756. The Labute approximate surface area is 180 Å². The van der Waals surface area contributed by atoms with Crippen molar-refractivity contribution < 1.29 is 9.53 Å². The van der Waals surface area contributed by atoms with Crippen molar-refractivity contribution in [3.63, 3.8) is 0 Å². The van der Waals surface area contributed by atoms with E-state index in [-0.39, 0.29) is 6.04 Å². The highest BCUT2D eigenvalue weighted by molar-refractivity contribution is 5.82. The van der Waals surface area contributed by atoms with Crippen LogP contribution in [0.4, 0.5) is 5.69 Å². The first-order chi connectivity index (χ1) is 14.7. The fourth-order valence-electron chi connectivity index (χ4n) is 4.45. The summed E-state index contributed by atoms with van der Waals surface area (Å²) in [7, 11) is 2.10. The van der Waals surface area contributed by atoms with Gasteiger partial charge in [-0.15, -0.1) is 0 Å². The molecule has 2 aliphatic rings. The highest BCUT2D eigenvalue weighted by atomic mass is 16.5. The molecule has 2 fully saturated rings. The van der Waals surface area contributed by atoms with Crippen molar-refractivity contribution >= 4 is 11.6 Å². The fourth-order valence-corrected chi connectivity index (χ4v) is 4.45. The zero-order chi connectivity index (χ0) is 20.8. The smallest absolute Gasteiger partial charge is 0.240 e. The van der Waals surface area contributed by atoms with Crippen LogP contribution in [0.25, 0.3) is 0 Å². The van der Waals surface area contributed by atoms with Gasteiger partial charge in [-0.1, -0.05) is 43.2 Å². The normalized spacial score (nSPS) is 20.6. The molecule has 0 aromatic heterocycles. The number of benzene rings is 2. The molecule has 0 bridgehead atoms. The van der Waals surface area contributed by atoms with E-state index in [1.807, 2.05) is 30.3 Å². The number of carbonyl (C=O) groups is 1. The molecule has 160 valence electrons. The van der Waals surface area contributed by atoms with Gasteiger partial charge >= 0.3 is 0 Å². The second-order valence-electron chi connectivity index (χ2n) is 8.43. The van der Waals surface area contributed by atoms with E-state index in [1.54, 1.807) is 0 Å². The number of likely N-dealkylation sites (N-methyl/N-ethyl adjacent to an activating group) is 1. The Morgan fingerprint density at radius 1 is 0.900 bits per heavy atom. The van der Waals surface area contributed by atoms with Crippen LogP contribution in [-0.4, -0.2) is 61.5 Å². The summed E-state index contributed by atoms with van der Waals surface area (Å²) in [6, 6.07) is 18.6. The van der Waals surface area contributed by atoms with Crippen molar-refractivity contribution in [2.45, 2.75) is 38.3 Å². The molecule has 2 saturated heterocycles. The molecule has 0 aliphatic carbocycles. The van der Waals surface area contributed by atoms with Crippen molar-refractivity contribution in [1.29, 1.82) is 0 Å². The first kappa shape index (κ1) is 20.7. The molecule has 5 heteroatoms. The van der Waals surface area contributed by atoms with Crippen molar-refractivity contribution in [3.8, 4) is 5.75 Å². The minimum Gasteiger partial charge on any atom is -0.489 e. The Morgan fingerprint density at radius 2 is 1.63 bits per heavy atom. The maximum atomic E-state index is 13.0. The summed E-state index contributed by atoms with van der Waals surface area (Å²) in [6.45, 7) is 4.98. The molecular weight excluding hydrogens is 374 g/mol. The van der Waals surface area contributed by atoms with E-state index < -0.39 is 0 Å². The average Bonchev–Trinajstić information content (AvgIpc) is 3.02. The van der Waals surface area contributed by atoms with Gasteiger partial charge in [0.05, 0.1) is 6.04 Å². The minimum absolute atomic E-state index is 0.0695. The predicted molar refractivity (Wildman–Crippen MR) is 121 cm³/mol.